The fourth-order valence-electron chi connectivity index (χ4n) is 1.81. The third-order valence-electron chi connectivity index (χ3n) is 2.76. The molecule has 0 radical (unpaired) electrons. The molecule has 16 heavy (non-hydrogen) atoms. The number of imidazole rings is 1. The number of aryl methyl sites for hydroxylation is 1. The molecule has 0 fully saturated rings. The van der Waals surface area contributed by atoms with E-state index in [1.54, 1.807) is 0 Å². The fourth-order valence-corrected chi connectivity index (χ4v) is 1.81. The van der Waals surface area contributed by atoms with Gasteiger partial charge in [-0.3, -0.25) is 0 Å². The Morgan fingerprint density at radius 2 is 2.12 bits per heavy atom. The van der Waals surface area contributed by atoms with Crippen molar-refractivity contribution in [1.29, 1.82) is 0 Å². The molecule has 0 spiro atoms. The van der Waals surface area contributed by atoms with Gasteiger partial charge in [0.25, 0.3) is 0 Å². The predicted octanol–water partition coefficient (Wildman–Crippen LogP) is 2.78. The maximum Gasteiger partial charge on any atom is 0.108 e. The second-order valence-electron chi connectivity index (χ2n) is 5.42. The number of hydrogen-bond acceptors (Lipinski definition) is 2. The first-order valence-electron chi connectivity index (χ1n) is 6.20. The molecule has 1 atom stereocenters. The lowest BCUT2D eigenvalue weighted by Gasteiger charge is -2.23. The number of rotatable bonds is 5. The zero-order valence-corrected chi connectivity index (χ0v) is 11.2. The van der Waals surface area contributed by atoms with Crippen molar-refractivity contribution in [2.24, 2.45) is 0 Å². The SMILES string of the molecule is CCc1nccn1C(C)CCNC(C)(C)C. The Morgan fingerprint density at radius 3 is 2.69 bits per heavy atom. The number of nitrogens with zero attached hydrogens (tertiary/aromatic N) is 2. The standard InChI is InChI=1S/C13H25N3/c1-6-12-14-9-10-16(12)11(2)7-8-15-13(3,4)5/h9-11,15H,6-8H2,1-5H3. The first kappa shape index (κ1) is 13.2. The molecule has 0 amide bonds. The summed E-state index contributed by atoms with van der Waals surface area (Å²) in [6, 6.07) is 0.521. The predicted molar refractivity (Wildman–Crippen MR) is 68.7 cm³/mol. The normalized spacial score (nSPS) is 14.1. The topological polar surface area (TPSA) is 29.9 Å². The fraction of sp³-hybridized carbons (Fsp3) is 0.769. The molecule has 0 saturated heterocycles. The van der Waals surface area contributed by atoms with Gasteiger partial charge in [0, 0.05) is 30.4 Å². The van der Waals surface area contributed by atoms with Crippen LogP contribution in [0.5, 0.6) is 0 Å². The van der Waals surface area contributed by atoms with E-state index >= 15 is 0 Å². The zero-order valence-electron chi connectivity index (χ0n) is 11.2. The molecule has 0 aliphatic heterocycles. The highest BCUT2D eigenvalue weighted by Crippen LogP contribution is 2.13. The zero-order chi connectivity index (χ0) is 12.2. The van der Waals surface area contributed by atoms with Crippen LogP contribution >= 0.6 is 0 Å². The van der Waals surface area contributed by atoms with Crippen LogP contribution in [0.15, 0.2) is 12.4 Å². The smallest absolute Gasteiger partial charge is 0.108 e. The minimum atomic E-state index is 0.211. The van der Waals surface area contributed by atoms with Gasteiger partial charge < -0.3 is 9.88 Å². The van der Waals surface area contributed by atoms with Crippen LogP contribution in [0.3, 0.4) is 0 Å². The summed E-state index contributed by atoms with van der Waals surface area (Å²) in [6.45, 7) is 12.1. The van der Waals surface area contributed by atoms with Crippen LogP contribution in [0.1, 0.15) is 52.9 Å². The van der Waals surface area contributed by atoms with Gasteiger partial charge in [0.2, 0.25) is 0 Å². The lowest BCUT2D eigenvalue weighted by atomic mass is 10.1. The van der Waals surface area contributed by atoms with Gasteiger partial charge in [-0.1, -0.05) is 6.92 Å². The second-order valence-corrected chi connectivity index (χ2v) is 5.42. The van der Waals surface area contributed by atoms with Crippen molar-refractivity contribution in [3.8, 4) is 0 Å². The van der Waals surface area contributed by atoms with E-state index in [9.17, 15) is 0 Å². The van der Waals surface area contributed by atoms with E-state index in [0.29, 0.717) is 6.04 Å². The van der Waals surface area contributed by atoms with Crippen molar-refractivity contribution >= 4 is 0 Å². The van der Waals surface area contributed by atoms with Crippen LogP contribution in [0.25, 0.3) is 0 Å². The molecule has 3 heteroatoms. The van der Waals surface area contributed by atoms with Crippen molar-refractivity contribution in [1.82, 2.24) is 14.9 Å². The quantitative estimate of drug-likeness (QED) is 0.832. The molecule has 0 saturated carbocycles. The monoisotopic (exact) mass is 223 g/mol. The van der Waals surface area contributed by atoms with E-state index in [0.717, 1.165) is 19.4 Å². The lowest BCUT2D eigenvalue weighted by molar-refractivity contribution is 0.388. The lowest BCUT2D eigenvalue weighted by Crippen LogP contribution is -2.37. The van der Waals surface area contributed by atoms with Crippen LogP contribution in [-0.4, -0.2) is 21.6 Å². The molecule has 0 bridgehead atoms. The van der Waals surface area contributed by atoms with Crippen molar-refractivity contribution in [3.05, 3.63) is 18.2 Å². The molecule has 1 aromatic rings. The van der Waals surface area contributed by atoms with Crippen molar-refractivity contribution in [3.63, 3.8) is 0 Å². The summed E-state index contributed by atoms with van der Waals surface area (Å²) < 4.78 is 2.28. The molecule has 92 valence electrons. The van der Waals surface area contributed by atoms with Crippen molar-refractivity contribution in [2.75, 3.05) is 6.54 Å². The first-order chi connectivity index (χ1) is 7.44. The van der Waals surface area contributed by atoms with Crippen LogP contribution < -0.4 is 5.32 Å². The van der Waals surface area contributed by atoms with E-state index < -0.39 is 0 Å². The van der Waals surface area contributed by atoms with Crippen molar-refractivity contribution < 1.29 is 0 Å². The van der Waals surface area contributed by atoms with Crippen LogP contribution in [0.4, 0.5) is 0 Å². The third-order valence-corrected chi connectivity index (χ3v) is 2.76. The highest BCUT2D eigenvalue weighted by Gasteiger charge is 2.11. The molecule has 1 rings (SSSR count). The Hall–Kier alpha value is -0.830. The average molecular weight is 223 g/mol. The highest BCUT2D eigenvalue weighted by molar-refractivity contribution is 4.94. The van der Waals surface area contributed by atoms with Gasteiger partial charge in [0.15, 0.2) is 0 Å². The summed E-state index contributed by atoms with van der Waals surface area (Å²) in [7, 11) is 0. The van der Waals surface area contributed by atoms with Crippen LogP contribution in [0, 0.1) is 0 Å². The van der Waals surface area contributed by atoms with Gasteiger partial charge in [0.05, 0.1) is 0 Å². The Labute approximate surface area is 99.3 Å². The number of aromatic nitrogens is 2. The van der Waals surface area contributed by atoms with Gasteiger partial charge in [-0.15, -0.1) is 0 Å². The molecule has 0 aliphatic rings. The van der Waals surface area contributed by atoms with E-state index in [4.69, 9.17) is 0 Å². The maximum atomic E-state index is 4.36. The average Bonchev–Trinajstić information content (AvgIpc) is 2.63. The molecule has 0 aromatic carbocycles. The summed E-state index contributed by atoms with van der Waals surface area (Å²) >= 11 is 0. The van der Waals surface area contributed by atoms with E-state index in [2.05, 4.69) is 55.7 Å². The molecule has 1 N–H and O–H groups in total. The second kappa shape index (κ2) is 5.48. The summed E-state index contributed by atoms with van der Waals surface area (Å²) in [5.74, 6) is 1.18. The largest absolute Gasteiger partial charge is 0.332 e. The number of nitrogens with one attached hydrogen (secondary N) is 1. The Morgan fingerprint density at radius 1 is 1.44 bits per heavy atom. The Balaban J connectivity index is 2.44. The molecule has 0 aliphatic carbocycles. The summed E-state index contributed by atoms with van der Waals surface area (Å²) in [6.07, 6.45) is 6.12. The van der Waals surface area contributed by atoms with E-state index in [1.165, 1.54) is 5.82 Å². The van der Waals surface area contributed by atoms with Crippen LogP contribution in [0.2, 0.25) is 0 Å². The summed E-state index contributed by atoms with van der Waals surface area (Å²) in [5.41, 5.74) is 0.211. The summed E-state index contributed by atoms with van der Waals surface area (Å²) in [5, 5.41) is 3.52. The van der Waals surface area contributed by atoms with E-state index in [1.807, 2.05) is 6.20 Å². The molecule has 1 aromatic heterocycles. The molecule has 1 heterocycles. The van der Waals surface area contributed by atoms with Gasteiger partial charge in [0.1, 0.15) is 5.82 Å². The Kier molecular flexibility index (Phi) is 4.54. The molecular formula is C13H25N3. The highest BCUT2D eigenvalue weighted by atomic mass is 15.1. The van der Waals surface area contributed by atoms with Gasteiger partial charge in [-0.05, 0) is 40.7 Å². The molecule has 1 unspecified atom stereocenters. The van der Waals surface area contributed by atoms with Gasteiger partial charge in [-0.25, -0.2) is 4.98 Å². The first-order valence-corrected chi connectivity index (χ1v) is 6.20. The maximum absolute atomic E-state index is 4.36. The van der Waals surface area contributed by atoms with E-state index in [-0.39, 0.29) is 5.54 Å². The van der Waals surface area contributed by atoms with Gasteiger partial charge >= 0.3 is 0 Å². The minimum Gasteiger partial charge on any atom is -0.332 e. The molecule has 3 nitrogen and oxygen atoms in total. The van der Waals surface area contributed by atoms with Gasteiger partial charge in [-0.2, -0.15) is 0 Å². The summed E-state index contributed by atoms with van der Waals surface area (Å²) in [4.78, 5) is 4.36. The molecular weight excluding hydrogens is 198 g/mol. The minimum absolute atomic E-state index is 0.211. The van der Waals surface area contributed by atoms with Crippen LogP contribution in [-0.2, 0) is 6.42 Å². The third kappa shape index (κ3) is 3.97. The van der Waals surface area contributed by atoms with Crippen molar-refractivity contribution in [2.45, 2.75) is 59.0 Å². The Bertz CT molecular complexity index is 309. The number of hydrogen-bond donors (Lipinski definition) is 1.